The molecule has 0 saturated carbocycles. The summed E-state index contributed by atoms with van der Waals surface area (Å²) < 4.78 is 15.7. The van der Waals surface area contributed by atoms with Crippen molar-refractivity contribution < 1.29 is 9.00 Å². The Morgan fingerprint density at radius 2 is 1.88 bits per heavy atom. The molecule has 3 rings (SSSR count). The highest BCUT2D eigenvalue weighted by atomic mass is 35.5. The molecule has 25 heavy (non-hydrogen) atoms. The quantitative estimate of drug-likeness (QED) is 0.873. The second-order valence-electron chi connectivity index (χ2n) is 6.02. The summed E-state index contributed by atoms with van der Waals surface area (Å²) in [4.78, 5) is 27.6. The number of aromatic nitrogens is 3. The van der Waals surface area contributed by atoms with Crippen LogP contribution in [-0.2, 0) is 9.73 Å². The summed E-state index contributed by atoms with van der Waals surface area (Å²) in [5.74, 6) is 0.509. The minimum absolute atomic E-state index is 0.0673. The van der Waals surface area contributed by atoms with Gasteiger partial charge in [0.05, 0.1) is 17.4 Å². The average Bonchev–Trinajstić information content (AvgIpc) is 3.00. The van der Waals surface area contributed by atoms with Crippen LogP contribution in [0.1, 0.15) is 10.5 Å². The molecule has 3 heterocycles. The van der Waals surface area contributed by atoms with Crippen LogP contribution in [0.4, 0.5) is 11.6 Å². The summed E-state index contributed by atoms with van der Waals surface area (Å²) in [7, 11) is -2.23. The van der Waals surface area contributed by atoms with Crippen molar-refractivity contribution in [2.75, 3.05) is 43.6 Å². The number of halogens is 1. The molecule has 0 unspecified atom stereocenters. The maximum absolute atomic E-state index is 12.4. The maximum Gasteiger partial charge on any atom is 0.270 e. The highest BCUT2D eigenvalue weighted by Gasteiger charge is 2.24. The average molecular weight is 383 g/mol. The number of nitrogens with one attached hydrogen (secondary N) is 1. The van der Waals surface area contributed by atoms with E-state index < -0.39 is 9.73 Å². The largest absolute Gasteiger partial charge is 0.356 e. The van der Waals surface area contributed by atoms with Gasteiger partial charge < -0.3 is 14.8 Å². The Hall–Kier alpha value is -2.13. The first-order valence-corrected chi connectivity index (χ1v) is 10.4. The van der Waals surface area contributed by atoms with Crippen LogP contribution in [0.5, 0.6) is 0 Å². The fourth-order valence-corrected chi connectivity index (χ4v) is 3.32. The number of aromatic amines is 1. The Bertz CT molecular complexity index is 872. The van der Waals surface area contributed by atoms with Gasteiger partial charge in [0.25, 0.3) is 5.91 Å². The van der Waals surface area contributed by atoms with Crippen molar-refractivity contribution in [3.8, 4) is 0 Å². The number of carbonyl (C=O) groups excluding carboxylic acids is 1. The molecule has 0 atom stereocenters. The minimum atomic E-state index is -2.23. The van der Waals surface area contributed by atoms with E-state index in [1.165, 1.54) is 0 Å². The van der Waals surface area contributed by atoms with Crippen molar-refractivity contribution in [2.24, 2.45) is 4.36 Å². The molecule has 0 aromatic carbocycles. The summed E-state index contributed by atoms with van der Waals surface area (Å²) in [6.07, 6.45) is 7.85. The topological polar surface area (TPSA) is 94.5 Å². The monoisotopic (exact) mass is 382 g/mol. The van der Waals surface area contributed by atoms with Gasteiger partial charge in [-0.15, -0.1) is 0 Å². The Morgan fingerprint density at radius 1 is 1.24 bits per heavy atom. The van der Waals surface area contributed by atoms with Gasteiger partial charge in [-0.3, -0.25) is 4.79 Å². The lowest BCUT2D eigenvalue weighted by Gasteiger charge is -2.34. The fraction of sp³-hybridized carbons (Fsp3) is 0.400. The number of rotatable bonds is 3. The predicted octanol–water partition coefficient (Wildman–Crippen LogP) is 1.78. The molecular formula is C15H19ClN6O2S. The molecule has 0 radical (unpaired) electrons. The number of nitrogens with zero attached hydrogens (tertiary/aromatic N) is 5. The third-order valence-corrected chi connectivity index (χ3v) is 4.55. The van der Waals surface area contributed by atoms with Gasteiger partial charge in [-0.2, -0.15) is 4.36 Å². The smallest absolute Gasteiger partial charge is 0.270 e. The van der Waals surface area contributed by atoms with Crippen LogP contribution >= 0.6 is 11.6 Å². The first-order chi connectivity index (χ1) is 11.8. The van der Waals surface area contributed by atoms with Crippen LogP contribution in [0.15, 0.2) is 29.0 Å². The van der Waals surface area contributed by atoms with Gasteiger partial charge in [-0.25, -0.2) is 14.2 Å². The van der Waals surface area contributed by atoms with E-state index in [0.29, 0.717) is 48.5 Å². The Labute approximate surface area is 151 Å². The molecule has 1 N–H and O–H groups in total. The van der Waals surface area contributed by atoms with Gasteiger partial charge in [0, 0.05) is 54.6 Å². The fourth-order valence-electron chi connectivity index (χ4n) is 2.55. The third-order valence-electron chi connectivity index (χ3n) is 3.68. The molecule has 0 aliphatic carbocycles. The van der Waals surface area contributed by atoms with Crippen molar-refractivity contribution in [3.05, 3.63) is 35.4 Å². The first kappa shape index (κ1) is 17.7. The lowest BCUT2D eigenvalue weighted by Crippen LogP contribution is -2.49. The van der Waals surface area contributed by atoms with Crippen molar-refractivity contribution in [1.29, 1.82) is 0 Å². The van der Waals surface area contributed by atoms with Crippen LogP contribution < -0.4 is 4.90 Å². The number of H-pyrrole nitrogens is 1. The van der Waals surface area contributed by atoms with Gasteiger partial charge in [0.1, 0.15) is 11.4 Å². The zero-order valence-electron chi connectivity index (χ0n) is 14.0. The summed E-state index contributed by atoms with van der Waals surface area (Å²) >= 11 is 5.85. The molecule has 1 aliphatic heterocycles. The number of anilines is 1. The number of hydrogen-bond donors (Lipinski definition) is 1. The predicted molar refractivity (Wildman–Crippen MR) is 98.0 cm³/mol. The van der Waals surface area contributed by atoms with Gasteiger partial charge in [-0.05, 0) is 6.07 Å². The molecule has 1 aliphatic rings. The molecule has 1 saturated heterocycles. The molecule has 1 amide bonds. The SMILES string of the molecule is CS(C)(=O)=Nc1cnc(N2CCN(C(=O)c3cc(Cl)c[nH]3)CC2)nc1. The van der Waals surface area contributed by atoms with E-state index in [1.54, 1.807) is 42.1 Å². The van der Waals surface area contributed by atoms with Gasteiger partial charge in [0.15, 0.2) is 0 Å². The molecule has 0 bridgehead atoms. The van der Waals surface area contributed by atoms with Crippen LogP contribution in [0.25, 0.3) is 0 Å². The van der Waals surface area contributed by atoms with E-state index in [2.05, 4.69) is 19.3 Å². The van der Waals surface area contributed by atoms with E-state index >= 15 is 0 Å². The number of carbonyl (C=O) groups is 1. The minimum Gasteiger partial charge on any atom is -0.356 e. The van der Waals surface area contributed by atoms with Gasteiger partial charge in [-0.1, -0.05) is 11.6 Å². The van der Waals surface area contributed by atoms with Gasteiger partial charge in [0.2, 0.25) is 5.95 Å². The van der Waals surface area contributed by atoms with Crippen LogP contribution in [0, 0.1) is 0 Å². The second kappa shape index (κ2) is 7.01. The first-order valence-electron chi connectivity index (χ1n) is 7.69. The molecule has 134 valence electrons. The molecule has 2 aromatic heterocycles. The maximum atomic E-state index is 12.4. The highest BCUT2D eigenvalue weighted by Crippen LogP contribution is 2.17. The standard InChI is InChI=1S/C15H19ClN6O2S/c1-25(2,24)20-12-9-18-15(19-10-12)22-5-3-21(4-6-22)14(23)13-7-11(16)8-17-13/h7-10,17H,3-6H2,1-2H3. The lowest BCUT2D eigenvalue weighted by atomic mass is 10.3. The van der Waals surface area contributed by atoms with Crippen LogP contribution in [0.3, 0.4) is 0 Å². The van der Waals surface area contributed by atoms with E-state index in [9.17, 15) is 9.00 Å². The Morgan fingerprint density at radius 3 is 2.40 bits per heavy atom. The molecule has 1 fully saturated rings. The zero-order chi connectivity index (χ0) is 18.0. The van der Waals surface area contributed by atoms with Crippen molar-refractivity contribution in [1.82, 2.24) is 19.9 Å². The van der Waals surface area contributed by atoms with Crippen LogP contribution in [0.2, 0.25) is 5.02 Å². The zero-order valence-corrected chi connectivity index (χ0v) is 15.5. The van der Waals surface area contributed by atoms with E-state index in [-0.39, 0.29) is 5.91 Å². The highest BCUT2D eigenvalue weighted by molar-refractivity contribution is 7.92. The lowest BCUT2D eigenvalue weighted by molar-refractivity contribution is 0.0741. The Kier molecular flexibility index (Phi) is 4.96. The van der Waals surface area contributed by atoms with E-state index in [1.807, 2.05) is 4.90 Å². The van der Waals surface area contributed by atoms with Crippen molar-refractivity contribution >= 4 is 38.9 Å². The molecule has 10 heteroatoms. The number of piperazine rings is 1. The van der Waals surface area contributed by atoms with E-state index in [4.69, 9.17) is 11.6 Å². The van der Waals surface area contributed by atoms with Crippen LogP contribution in [-0.4, -0.2) is 68.7 Å². The summed E-state index contributed by atoms with van der Waals surface area (Å²) in [6.45, 7) is 2.41. The summed E-state index contributed by atoms with van der Waals surface area (Å²) in [5, 5.41) is 0.518. The molecule has 8 nitrogen and oxygen atoms in total. The normalized spacial score (nSPS) is 15.3. The molecular weight excluding hydrogens is 364 g/mol. The Balaban J connectivity index is 1.62. The van der Waals surface area contributed by atoms with Gasteiger partial charge >= 0.3 is 0 Å². The van der Waals surface area contributed by atoms with E-state index in [0.717, 1.165) is 0 Å². The third kappa shape index (κ3) is 4.49. The summed E-state index contributed by atoms with van der Waals surface area (Å²) in [5.41, 5.74) is 0.986. The van der Waals surface area contributed by atoms with Crippen molar-refractivity contribution in [2.45, 2.75) is 0 Å². The van der Waals surface area contributed by atoms with Crippen molar-refractivity contribution in [3.63, 3.8) is 0 Å². The summed E-state index contributed by atoms with van der Waals surface area (Å²) in [6, 6.07) is 1.63. The molecule has 2 aromatic rings. The second-order valence-corrected chi connectivity index (χ2v) is 9.01. The molecule has 0 spiro atoms. The number of amides is 1. The number of hydrogen-bond acceptors (Lipinski definition) is 6.